The van der Waals surface area contributed by atoms with E-state index in [0.717, 1.165) is 0 Å². The van der Waals surface area contributed by atoms with Gasteiger partial charge in [0.05, 0.1) is 13.2 Å². The summed E-state index contributed by atoms with van der Waals surface area (Å²) in [4.78, 5) is 0. The van der Waals surface area contributed by atoms with Gasteiger partial charge in [-0.2, -0.15) is 0 Å². The maximum absolute atomic E-state index is 12.8. The van der Waals surface area contributed by atoms with Gasteiger partial charge >= 0.3 is 6.98 Å². The van der Waals surface area contributed by atoms with E-state index in [0.29, 0.717) is 32.5 Å². The molecule has 3 fully saturated rings. The standard InChI is InChI=1S/C9H13BF3O2/c11-10(12,13)8-1-2-9(6-7(8)5-8)14-3-4-15-9/h7H,1-6H2/q-1. The van der Waals surface area contributed by atoms with E-state index in [4.69, 9.17) is 9.47 Å². The maximum Gasteiger partial charge on any atom is 0.484 e. The summed E-state index contributed by atoms with van der Waals surface area (Å²) >= 11 is 0. The molecule has 1 saturated heterocycles. The van der Waals surface area contributed by atoms with Crippen molar-refractivity contribution in [1.29, 1.82) is 0 Å². The molecule has 0 aromatic carbocycles. The van der Waals surface area contributed by atoms with Crippen LogP contribution in [0.2, 0.25) is 5.31 Å². The molecule has 0 bridgehead atoms. The molecule has 1 heterocycles. The van der Waals surface area contributed by atoms with Gasteiger partial charge in [-0.1, -0.05) is 24.1 Å². The first-order chi connectivity index (χ1) is 6.98. The molecule has 2 saturated carbocycles. The van der Waals surface area contributed by atoms with Crippen LogP contribution < -0.4 is 0 Å². The second kappa shape index (κ2) is 2.72. The molecule has 3 rings (SSSR count). The number of hydrogen-bond acceptors (Lipinski definition) is 2. The van der Waals surface area contributed by atoms with Crippen molar-refractivity contribution in [1.82, 2.24) is 0 Å². The zero-order chi connectivity index (χ0) is 10.7. The minimum Gasteiger partial charge on any atom is -0.449 e. The van der Waals surface area contributed by atoms with E-state index in [2.05, 4.69) is 0 Å². The van der Waals surface area contributed by atoms with E-state index < -0.39 is 18.1 Å². The Morgan fingerprint density at radius 2 is 1.67 bits per heavy atom. The van der Waals surface area contributed by atoms with Gasteiger partial charge in [0.2, 0.25) is 0 Å². The van der Waals surface area contributed by atoms with Crippen LogP contribution in [-0.4, -0.2) is 26.0 Å². The lowest BCUT2D eigenvalue weighted by atomic mass is 9.61. The van der Waals surface area contributed by atoms with Gasteiger partial charge in [0, 0.05) is 6.42 Å². The van der Waals surface area contributed by atoms with Gasteiger partial charge in [-0.25, -0.2) is 0 Å². The lowest BCUT2D eigenvalue weighted by Crippen LogP contribution is -2.39. The molecule has 2 nitrogen and oxygen atoms in total. The Morgan fingerprint density at radius 3 is 2.20 bits per heavy atom. The number of fused-ring (bicyclic) bond motifs is 1. The quantitative estimate of drug-likeness (QED) is 0.633. The monoisotopic (exact) mass is 221 g/mol. The minimum atomic E-state index is -4.69. The van der Waals surface area contributed by atoms with Gasteiger partial charge in [0.25, 0.3) is 0 Å². The highest BCUT2D eigenvalue weighted by atomic mass is 19.4. The molecule has 3 aliphatic rings. The average Bonchev–Trinajstić information content (AvgIpc) is 2.71. The molecule has 15 heavy (non-hydrogen) atoms. The van der Waals surface area contributed by atoms with Crippen molar-refractivity contribution in [2.45, 2.75) is 36.8 Å². The van der Waals surface area contributed by atoms with Crippen LogP contribution in [0.3, 0.4) is 0 Å². The lowest BCUT2D eigenvalue weighted by molar-refractivity contribution is -0.179. The summed E-state index contributed by atoms with van der Waals surface area (Å²) in [7, 11) is 0. The molecule has 2 aliphatic carbocycles. The Kier molecular flexibility index (Phi) is 1.80. The summed E-state index contributed by atoms with van der Waals surface area (Å²) in [5, 5.41) is -1.33. The second-order valence-electron chi connectivity index (χ2n) is 5.02. The van der Waals surface area contributed by atoms with E-state index in [1.165, 1.54) is 0 Å². The molecule has 0 aromatic rings. The van der Waals surface area contributed by atoms with Crippen molar-refractivity contribution in [3.8, 4) is 0 Å². The van der Waals surface area contributed by atoms with Crippen molar-refractivity contribution in [2.75, 3.05) is 13.2 Å². The summed E-state index contributed by atoms with van der Waals surface area (Å²) in [6.07, 6.45) is 1.34. The van der Waals surface area contributed by atoms with Crippen LogP contribution >= 0.6 is 0 Å². The van der Waals surface area contributed by atoms with Crippen LogP contribution in [0, 0.1) is 5.92 Å². The Morgan fingerprint density at radius 1 is 1.00 bits per heavy atom. The third-order valence-corrected chi connectivity index (χ3v) is 4.27. The van der Waals surface area contributed by atoms with Gasteiger partial charge in [0.1, 0.15) is 0 Å². The Labute approximate surface area is 86.2 Å². The second-order valence-corrected chi connectivity index (χ2v) is 5.02. The zero-order valence-corrected chi connectivity index (χ0v) is 8.35. The van der Waals surface area contributed by atoms with Crippen LogP contribution in [0.15, 0.2) is 0 Å². The summed E-state index contributed by atoms with van der Waals surface area (Å²) in [5.41, 5.74) is 0. The van der Waals surface area contributed by atoms with Crippen LogP contribution in [0.25, 0.3) is 0 Å². The normalized spacial score (nSPS) is 43.0. The smallest absolute Gasteiger partial charge is 0.449 e. The van der Waals surface area contributed by atoms with Gasteiger partial charge in [0.15, 0.2) is 5.79 Å². The van der Waals surface area contributed by atoms with Gasteiger partial charge < -0.3 is 22.4 Å². The summed E-state index contributed by atoms with van der Waals surface area (Å²) < 4.78 is 49.4. The zero-order valence-electron chi connectivity index (χ0n) is 8.35. The van der Waals surface area contributed by atoms with Gasteiger partial charge in [-0.05, 0) is 6.42 Å². The number of rotatable bonds is 1. The van der Waals surface area contributed by atoms with Crippen molar-refractivity contribution >= 4 is 6.98 Å². The highest BCUT2D eigenvalue weighted by Gasteiger charge is 2.69. The highest BCUT2D eigenvalue weighted by molar-refractivity contribution is 6.63. The van der Waals surface area contributed by atoms with E-state index >= 15 is 0 Å². The summed E-state index contributed by atoms with van der Waals surface area (Å²) in [5.74, 6) is -0.907. The molecule has 1 spiro atoms. The highest BCUT2D eigenvalue weighted by Crippen LogP contribution is 2.75. The van der Waals surface area contributed by atoms with Gasteiger partial charge in [-0.15, -0.1) is 0 Å². The van der Waals surface area contributed by atoms with Crippen LogP contribution in [0.4, 0.5) is 12.9 Å². The molecule has 2 unspecified atom stereocenters. The fraction of sp³-hybridized carbons (Fsp3) is 1.00. The maximum atomic E-state index is 12.8. The molecule has 86 valence electrons. The fourth-order valence-electron chi connectivity index (χ4n) is 3.21. The molecular formula is C9H13BF3O2-. The Hall–Kier alpha value is -0.225. The third-order valence-electron chi connectivity index (χ3n) is 4.27. The van der Waals surface area contributed by atoms with Crippen molar-refractivity contribution in [3.63, 3.8) is 0 Å². The van der Waals surface area contributed by atoms with Crippen LogP contribution in [-0.2, 0) is 9.47 Å². The minimum absolute atomic E-state index is 0.196. The van der Waals surface area contributed by atoms with E-state index in [1.54, 1.807) is 0 Å². The molecule has 0 N–H and O–H groups in total. The van der Waals surface area contributed by atoms with Crippen LogP contribution in [0.5, 0.6) is 0 Å². The molecule has 2 atom stereocenters. The van der Waals surface area contributed by atoms with Crippen molar-refractivity contribution in [2.24, 2.45) is 5.92 Å². The molecule has 0 radical (unpaired) electrons. The largest absolute Gasteiger partial charge is 0.484 e. The first kappa shape index (κ1) is 9.96. The van der Waals surface area contributed by atoms with E-state index in [9.17, 15) is 12.9 Å². The number of ether oxygens (including phenoxy) is 2. The first-order valence-electron chi connectivity index (χ1n) is 5.45. The molecule has 6 heteroatoms. The summed E-state index contributed by atoms with van der Waals surface area (Å²) in [6.45, 7) is -3.64. The third kappa shape index (κ3) is 1.27. The fourth-order valence-corrected chi connectivity index (χ4v) is 3.21. The lowest BCUT2D eigenvalue weighted by Gasteiger charge is -2.39. The van der Waals surface area contributed by atoms with E-state index in [-0.39, 0.29) is 12.3 Å². The number of hydrogen-bond donors (Lipinski definition) is 0. The molecule has 0 aromatic heterocycles. The number of halogens is 3. The Balaban J connectivity index is 1.75. The Bertz CT molecular complexity index is 288. The average molecular weight is 221 g/mol. The molecule has 0 amide bonds. The first-order valence-corrected chi connectivity index (χ1v) is 5.45. The summed E-state index contributed by atoms with van der Waals surface area (Å²) in [6, 6.07) is 0. The predicted octanol–water partition coefficient (Wildman–Crippen LogP) is 2.52. The van der Waals surface area contributed by atoms with Gasteiger partial charge in [-0.3, -0.25) is 0 Å². The van der Waals surface area contributed by atoms with Crippen molar-refractivity contribution < 1.29 is 22.4 Å². The van der Waals surface area contributed by atoms with Crippen molar-refractivity contribution in [3.05, 3.63) is 0 Å². The topological polar surface area (TPSA) is 18.5 Å². The SMILES string of the molecule is F[B-](F)(F)C12CCC3(CC1C2)OCCO3. The molecular weight excluding hydrogens is 208 g/mol. The predicted molar refractivity (Wildman–Crippen MR) is 48.4 cm³/mol. The van der Waals surface area contributed by atoms with Crippen LogP contribution in [0.1, 0.15) is 25.7 Å². The molecule has 1 aliphatic heterocycles. The van der Waals surface area contributed by atoms with E-state index in [1.807, 2.05) is 0 Å².